The number of hydrogen-bond acceptors (Lipinski definition) is 4. The van der Waals surface area contributed by atoms with Gasteiger partial charge in [0.25, 0.3) is 0 Å². The molecule has 0 bridgehead atoms. The smallest absolute Gasteiger partial charge is 0.246 e. The van der Waals surface area contributed by atoms with Crippen LogP contribution in [-0.4, -0.2) is 26.8 Å². The highest BCUT2D eigenvalue weighted by molar-refractivity contribution is 5.92. The van der Waals surface area contributed by atoms with Crippen LogP contribution >= 0.6 is 0 Å². The molecule has 0 spiro atoms. The molecule has 2 aromatic rings. The maximum Gasteiger partial charge on any atom is 0.246 e. The summed E-state index contributed by atoms with van der Waals surface area (Å²) in [5.74, 6) is -0.151. The Morgan fingerprint density at radius 3 is 2.43 bits per heavy atom. The lowest BCUT2D eigenvalue weighted by Crippen LogP contribution is -2.20. The summed E-state index contributed by atoms with van der Waals surface area (Å²) in [4.78, 5) is 23.7. The second-order valence-electron chi connectivity index (χ2n) is 5.76. The van der Waals surface area contributed by atoms with Gasteiger partial charge in [-0.1, -0.05) is 37.3 Å². The van der Waals surface area contributed by atoms with E-state index in [9.17, 15) is 9.59 Å². The maximum atomic E-state index is 12.1. The zero-order valence-corrected chi connectivity index (χ0v) is 13.8. The van der Waals surface area contributed by atoms with Gasteiger partial charge in [0.05, 0.1) is 6.20 Å². The van der Waals surface area contributed by atoms with Gasteiger partial charge < -0.3 is 10.6 Å². The minimum absolute atomic E-state index is 0.0261. The number of carbonyl (C=O) groups is 2. The molecule has 1 aromatic heterocycles. The third-order valence-corrected chi connectivity index (χ3v) is 3.37. The van der Waals surface area contributed by atoms with Crippen molar-refractivity contribution < 1.29 is 9.59 Å². The summed E-state index contributed by atoms with van der Waals surface area (Å²) in [6.45, 7) is 7.49. The zero-order chi connectivity index (χ0) is 17.0. The molecule has 2 amide bonds. The largest absolute Gasteiger partial charge is 0.324 e. The van der Waals surface area contributed by atoms with Crippen molar-refractivity contribution in [1.82, 2.24) is 15.0 Å². The lowest BCUT2D eigenvalue weighted by Gasteiger charge is -2.11. The number of benzene rings is 1. The molecular weight excluding hydrogens is 294 g/mol. The molecule has 122 valence electrons. The van der Waals surface area contributed by atoms with Crippen molar-refractivity contribution in [3.8, 4) is 0 Å². The van der Waals surface area contributed by atoms with Crippen LogP contribution in [0.4, 0.5) is 11.5 Å². The Hall–Kier alpha value is -2.70. The van der Waals surface area contributed by atoms with Crippen LogP contribution in [0.25, 0.3) is 0 Å². The number of nitrogens with zero attached hydrogens (tertiary/aromatic N) is 3. The fourth-order valence-corrected chi connectivity index (χ4v) is 2.04. The van der Waals surface area contributed by atoms with E-state index in [0.717, 1.165) is 16.8 Å². The number of anilines is 2. The third-order valence-electron chi connectivity index (χ3n) is 3.37. The van der Waals surface area contributed by atoms with Gasteiger partial charge >= 0.3 is 0 Å². The highest BCUT2D eigenvalue weighted by Crippen LogP contribution is 2.19. The number of carbonyl (C=O) groups excluding carboxylic acids is 2. The van der Waals surface area contributed by atoms with Crippen LogP contribution < -0.4 is 10.6 Å². The molecule has 2 rings (SSSR count). The van der Waals surface area contributed by atoms with E-state index < -0.39 is 0 Å². The minimum atomic E-state index is -0.200. The van der Waals surface area contributed by atoms with E-state index >= 15 is 0 Å². The van der Waals surface area contributed by atoms with Crippen molar-refractivity contribution in [3.63, 3.8) is 0 Å². The Balaban J connectivity index is 1.98. The van der Waals surface area contributed by atoms with Gasteiger partial charge in [0.1, 0.15) is 6.54 Å². The first-order valence-corrected chi connectivity index (χ1v) is 7.44. The first kappa shape index (κ1) is 16.7. The number of aromatic nitrogens is 3. The maximum absolute atomic E-state index is 12.1. The summed E-state index contributed by atoms with van der Waals surface area (Å²) in [5.41, 5.74) is 2.81. The first-order chi connectivity index (χ1) is 10.9. The Morgan fingerprint density at radius 2 is 1.83 bits per heavy atom. The monoisotopic (exact) mass is 315 g/mol. The molecule has 1 aromatic carbocycles. The minimum Gasteiger partial charge on any atom is -0.324 e. The molecular formula is C16H21N5O2. The van der Waals surface area contributed by atoms with E-state index in [1.165, 1.54) is 10.9 Å². The van der Waals surface area contributed by atoms with Crippen LogP contribution in [0.1, 0.15) is 25.0 Å². The number of hydrogen-bond donors (Lipinski definition) is 2. The molecule has 7 nitrogen and oxygen atoms in total. The standard InChI is InChI=1S/C16H21N5O2/c1-10(2)16(23)17-13-8-21(20-19-13)9-14(22)18-15-11(3)6-5-7-12(15)4/h5-8,10H,9H2,1-4H3,(H,17,23)(H,18,22). The molecule has 0 aliphatic heterocycles. The van der Waals surface area contributed by atoms with Crippen LogP contribution in [0.15, 0.2) is 24.4 Å². The average molecular weight is 315 g/mol. The van der Waals surface area contributed by atoms with Crippen molar-refractivity contribution in [3.05, 3.63) is 35.5 Å². The number of aryl methyl sites for hydroxylation is 2. The number of para-hydroxylation sites is 1. The molecule has 0 fully saturated rings. The summed E-state index contributed by atoms with van der Waals surface area (Å²) in [6, 6.07) is 5.83. The summed E-state index contributed by atoms with van der Waals surface area (Å²) in [6.07, 6.45) is 1.53. The van der Waals surface area contributed by atoms with Gasteiger partial charge in [0.15, 0.2) is 5.82 Å². The van der Waals surface area contributed by atoms with E-state index in [-0.39, 0.29) is 24.3 Å². The first-order valence-electron chi connectivity index (χ1n) is 7.44. The lowest BCUT2D eigenvalue weighted by atomic mass is 10.1. The van der Waals surface area contributed by atoms with Gasteiger partial charge in [-0.2, -0.15) is 0 Å². The molecule has 0 unspecified atom stereocenters. The number of amides is 2. The van der Waals surface area contributed by atoms with Gasteiger partial charge in [-0.3, -0.25) is 9.59 Å². The Labute approximate surface area is 135 Å². The van der Waals surface area contributed by atoms with Gasteiger partial charge in [0, 0.05) is 11.6 Å². The molecule has 0 aliphatic rings. The van der Waals surface area contributed by atoms with Crippen molar-refractivity contribution in [2.75, 3.05) is 10.6 Å². The Morgan fingerprint density at radius 1 is 1.17 bits per heavy atom. The molecule has 0 radical (unpaired) electrons. The summed E-state index contributed by atoms with van der Waals surface area (Å²) >= 11 is 0. The lowest BCUT2D eigenvalue weighted by molar-refractivity contribution is -0.119. The van der Waals surface area contributed by atoms with E-state index in [4.69, 9.17) is 0 Å². The Kier molecular flexibility index (Phi) is 5.10. The molecule has 7 heteroatoms. The predicted octanol–water partition coefficient (Wildman–Crippen LogP) is 2.13. The summed E-state index contributed by atoms with van der Waals surface area (Å²) in [7, 11) is 0. The SMILES string of the molecule is Cc1cccc(C)c1NC(=O)Cn1cc(NC(=O)C(C)C)nn1. The number of nitrogens with one attached hydrogen (secondary N) is 2. The average Bonchev–Trinajstić information content (AvgIpc) is 2.90. The van der Waals surface area contributed by atoms with Crippen LogP contribution in [0.2, 0.25) is 0 Å². The van der Waals surface area contributed by atoms with Crippen molar-refractivity contribution in [2.45, 2.75) is 34.2 Å². The quantitative estimate of drug-likeness (QED) is 0.884. The molecule has 0 saturated carbocycles. The van der Waals surface area contributed by atoms with Crippen LogP contribution in [0, 0.1) is 19.8 Å². The second kappa shape index (κ2) is 7.04. The van der Waals surface area contributed by atoms with Crippen molar-refractivity contribution in [1.29, 1.82) is 0 Å². The summed E-state index contributed by atoms with van der Waals surface area (Å²) < 4.78 is 1.39. The highest BCUT2D eigenvalue weighted by Gasteiger charge is 2.12. The molecule has 0 saturated heterocycles. The molecule has 2 N–H and O–H groups in total. The molecule has 0 atom stereocenters. The van der Waals surface area contributed by atoms with E-state index in [2.05, 4.69) is 20.9 Å². The third kappa shape index (κ3) is 4.38. The second-order valence-corrected chi connectivity index (χ2v) is 5.76. The molecule has 0 aliphatic carbocycles. The van der Waals surface area contributed by atoms with Crippen LogP contribution in [0.3, 0.4) is 0 Å². The Bertz CT molecular complexity index is 701. The van der Waals surface area contributed by atoms with E-state index in [1.54, 1.807) is 13.8 Å². The highest BCUT2D eigenvalue weighted by atomic mass is 16.2. The normalized spacial score (nSPS) is 10.7. The van der Waals surface area contributed by atoms with E-state index in [1.807, 2.05) is 32.0 Å². The van der Waals surface area contributed by atoms with Gasteiger partial charge in [-0.15, -0.1) is 5.10 Å². The van der Waals surface area contributed by atoms with Gasteiger partial charge in [0.2, 0.25) is 11.8 Å². The van der Waals surface area contributed by atoms with E-state index in [0.29, 0.717) is 5.82 Å². The fourth-order valence-electron chi connectivity index (χ4n) is 2.04. The predicted molar refractivity (Wildman–Crippen MR) is 88.0 cm³/mol. The molecule has 23 heavy (non-hydrogen) atoms. The fraction of sp³-hybridized carbons (Fsp3) is 0.375. The topological polar surface area (TPSA) is 88.9 Å². The van der Waals surface area contributed by atoms with Crippen molar-refractivity contribution in [2.24, 2.45) is 5.92 Å². The van der Waals surface area contributed by atoms with Crippen molar-refractivity contribution >= 4 is 23.3 Å². The zero-order valence-electron chi connectivity index (χ0n) is 13.8. The number of rotatable bonds is 5. The van der Waals surface area contributed by atoms with Crippen LogP contribution in [0.5, 0.6) is 0 Å². The van der Waals surface area contributed by atoms with Crippen LogP contribution in [-0.2, 0) is 16.1 Å². The van der Waals surface area contributed by atoms with Gasteiger partial charge in [-0.05, 0) is 25.0 Å². The molecule has 1 heterocycles. The van der Waals surface area contributed by atoms with Gasteiger partial charge in [-0.25, -0.2) is 4.68 Å². The summed E-state index contributed by atoms with van der Waals surface area (Å²) in [5, 5.41) is 13.2.